The Hall–Kier alpha value is -3.89. The van der Waals surface area contributed by atoms with Gasteiger partial charge in [0, 0.05) is 25.1 Å². The lowest BCUT2D eigenvalue weighted by atomic mass is 9.97. The predicted molar refractivity (Wildman–Crippen MR) is 163 cm³/mol. The van der Waals surface area contributed by atoms with Crippen molar-refractivity contribution >= 4 is 51.3 Å². The van der Waals surface area contributed by atoms with Crippen molar-refractivity contribution in [1.82, 2.24) is 4.90 Å². The SMILES string of the molecule is Cc1cccc(S(=O)(=O)N2C[C@H](CCC(=O)N3CCC(C(=O)O)CC3)Oc3ccc(/C=C/c4c(F)cccc4Cl)cc32)c1. The number of halogens is 2. The second-order valence-corrected chi connectivity index (χ2v) is 13.1. The van der Waals surface area contributed by atoms with Gasteiger partial charge in [-0.15, -0.1) is 0 Å². The third kappa shape index (κ3) is 6.86. The monoisotopic (exact) mass is 626 g/mol. The fourth-order valence-electron chi connectivity index (χ4n) is 5.38. The molecule has 2 aliphatic rings. The Morgan fingerprint density at radius 2 is 1.81 bits per heavy atom. The molecule has 1 saturated heterocycles. The first-order valence-electron chi connectivity index (χ1n) is 14.1. The van der Waals surface area contributed by atoms with Crippen LogP contribution in [0.25, 0.3) is 12.2 Å². The maximum atomic E-state index is 14.3. The molecule has 226 valence electrons. The van der Waals surface area contributed by atoms with Crippen molar-refractivity contribution in [3.05, 3.63) is 88.2 Å². The van der Waals surface area contributed by atoms with Gasteiger partial charge in [0.2, 0.25) is 5.91 Å². The standard InChI is InChI=1S/C32H32ClFN2O6S/c1-21-4-2-5-25(18-21)43(40,41)36-20-24(10-13-31(37)35-16-14-23(15-17-35)32(38)39)42-30-12-9-22(19-29(30)36)8-11-26-27(33)6-3-7-28(26)34/h2-9,11-12,18-19,23-24H,10,13-17,20H2,1H3,(H,38,39)/b11-8+/t24-/m0/s1. The molecule has 2 heterocycles. The van der Waals surface area contributed by atoms with Gasteiger partial charge in [-0.25, -0.2) is 12.8 Å². The summed E-state index contributed by atoms with van der Waals surface area (Å²) in [5.74, 6) is -1.52. The molecule has 0 saturated carbocycles. The zero-order chi connectivity index (χ0) is 30.7. The van der Waals surface area contributed by atoms with E-state index >= 15 is 0 Å². The molecule has 8 nitrogen and oxygen atoms in total. The number of benzene rings is 3. The highest BCUT2D eigenvalue weighted by molar-refractivity contribution is 7.92. The molecule has 0 bridgehead atoms. The molecule has 1 fully saturated rings. The second kappa shape index (κ2) is 12.8. The highest BCUT2D eigenvalue weighted by atomic mass is 35.5. The number of carbonyl (C=O) groups is 2. The first kappa shape index (κ1) is 30.6. The summed E-state index contributed by atoms with van der Waals surface area (Å²) in [4.78, 5) is 26.0. The number of amides is 1. The zero-order valence-electron chi connectivity index (χ0n) is 23.6. The van der Waals surface area contributed by atoms with Crippen LogP contribution in [0.5, 0.6) is 5.75 Å². The summed E-state index contributed by atoms with van der Waals surface area (Å²) < 4.78 is 49.7. The lowest BCUT2D eigenvalue weighted by Crippen LogP contribution is -2.44. The Morgan fingerprint density at radius 1 is 1.07 bits per heavy atom. The molecular formula is C32H32ClFN2O6S. The van der Waals surface area contributed by atoms with Crippen LogP contribution in [0.3, 0.4) is 0 Å². The van der Waals surface area contributed by atoms with Gasteiger partial charge in [-0.05, 0) is 79.8 Å². The van der Waals surface area contributed by atoms with Crippen LogP contribution in [-0.4, -0.2) is 56.0 Å². The van der Waals surface area contributed by atoms with E-state index in [1.807, 2.05) is 13.0 Å². The molecular weight excluding hydrogens is 595 g/mol. The van der Waals surface area contributed by atoms with Crippen molar-refractivity contribution in [3.63, 3.8) is 0 Å². The molecule has 1 N–H and O–H groups in total. The van der Waals surface area contributed by atoms with Crippen molar-refractivity contribution in [1.29, 1.82) is 0 Å². The fourth-order valence-corrected chi connectivity index (χ4v) is 7.21. The molecule has 1 amide bonds. The van der Waals surface area contributed by atoms with E-state index in [4.69, 9.17) is 16.3 Å². The van der Waals surface area contributed by atoms with Crippen molar-refractivity contribution in [2.24, 2.45) is 5.92 Å². The number of likely N-dealkylation sites (tertiary alicyclic amines) is 1. The molecule has 1 atom stereocenters. The Kier molecular flexibility index (Phi) is 9.08. The summed E-state index contributed by atoms with van der Waals surface area (Å²) in [6.45, 7) is 2.57. The third-order valence-electron chi connectivity index (χ3n) is 7.81. The van der Waals surface area contributed by atoms with Crippen molar-refractivity contribution in [3.8, 4) is 5.75 Å². The Labute approximate surface area is 255 Å². The fraction of sp³-hybridized carbons (Fsp3) is 0.312. The maximum Gasteiger partial charge on any atom is 0.306 e. The van der Waals surface area contributed by atoms with Gasteiger partial charge in [0.05, 0.1) is 28.1 Å². The molecule has 0 unspecified atom stereocenters. The average molecular weight is 627 g/mol. The van der Waals surface area contributed by atoms with Crippen LogP contribution in [0.2, 0.25) is 5.02 Å². The molecule has 0 aliphatic carbocycles. The molecule has 3 aromatic carbocycles. The minimum absolute atomic E-state index is 0.00997. The lowest BCUT2D eigenvalue weighted by Gasteiger charge is -2.36. The van der Waals surface area contributed by atoms with E-state index in [-0.39, 0.29) is 40.8 Å². The summed E-state index contributed by atoms with van der Waals surface area (Å²) in [5.41, 5.74) is 1.97. The number of fused-ring (bicyclic) bond motifs is 1. The lowest BCUT2D eigenvalue weighted by molar-refractivity contribution is -0.145. The van der Waals surface area contributed by atoms with E-state index in [0.717, 1.165) is 5.56 Å². The number of aryl methyl sites for hydroxylation is 1. The number of nitrogens with zero attached hydrogens (tertiary/aromatic N) is 2. The van der Waals surface area contributed by atoms with Crippen LogP contribution in [0, 0.1) is 18.7 Å². The van der Waals surface area contributed by atoms with Gasteiger partial charge in [0.25, 0.3) is 10.0 Å². The van der Waals surface area contributed by atoms with Crippen LogP contribution in [0.4, 0.5) is 10.1 Å². The number of rotatable bonds is 8. The topological polar surface area (TPSA) is 104 Å². The zero-order valence-corrected chi connectivity index (χ0v) is 25.2. The number of carboxylic acid groups (broad SMARTS) is 1. The van der Waals surface area contributed by atoms with E-state index in [2.05, 4.69) is 0 Å². The molecule has 11 heteroatoms. The minimum Gasteiger partial charge on any atom is -0.486 e. The summed E-state index contributed by atoms with van der Waals surface area (Å²) in [5, 5.41) is 9.48. The number of sulfonamides is 1. The average Bonchev–Trinajstić information content (AvgIpc) is 2.99. The van der Waals surface area contributed by atoms with Gasteiger partial charge >= 0.3 is 5.97 Å². The molecule has 5 rings (SSSR count). The first-order chi connectivity index (χ1) is 20.5. The molecule has 43 heavy (non-hydrogen) atoms. The number of ether oxygens (including phenoxy) is 1. The number of carboxylic acids is 1. The van der Waals surface area contributed by atoms with Gasteiger partial charge < -0.3 is 14.7 Å². The first-order valence-corrected chi connectivity index (χ1v) is 15.9. The third-order valence-corrected chi connectivity index (χ3v) is 9.92. The number of aliphatic carboxylic acids is 1. The molecule has 0 aromatic heterocycles. The van der Waals surface area contributed by atoms with Crippen LogP contribution >= 0.6 is 11.6 Å². The van der Waals surface area contributed by atoms with Gasteiger partial charge in [-0.3, -0.25) is 13.9 Å². The number of piperidine rings is 1. The van der Waals surface area contributed by atoms with E-state index < -0.39 is 33.8 Å². The van der Waals surface area contributed by atoms with Crippen LogP contribution in [0.1, 0.15) is 42.4 Å². The molecule has 2 aliphatic heterocycles. The predicted octanol–water partition coefficient (Wildman–Crippen LogP) is 6.02. The molecule has 3 aromatic rings. The molecule has 0 spiro atoms. The van der Waals surface area contributed by atoms with E-state index in [1.54, 1.807) is 53.4 Å². The van der Waals surface area contributed by atoms with Gasteiger partial charge in [0.1, 0.15) is 17.7 Å². The van der Waals surface area contributed by atoms with Crippen molar-refractivity contribution in [2.45, 2.75) is 43.6 Å². The summed E-state index contributed by atoms with van der Waals surface area (Å²) in [6, 6.07) is 16.1. The Morgan fingerprint density at radius 3 is 2.51 bits per heavy atom. The highest BCUT2D eigenvalue weighted by Crippen LogP contribution is 2.39. The number of anilines is 1. The van der Waals surface area contributed by atoms with Gasteiger partial charge in [-0.2, -0.15) is 0 Å². The van der Waals surface area contributed by atoms with E-state index in [9.17, 15) is 27.5 Å². The van der Waals surface area contributed by atoms with Crippen molar-refractivity contribution in [2.75, 3.05) is 23.9 Å². The smallest absolute Gasteiger partial charge is 0.306 e. The Balaban J connectivity index is 1.39. The molecule has 0 radical (unpaired) electrons. The largest absolute Gasteiger partial charge is 0.486 e. The summed E-state index contributed by atoms with van der Waals surface area (Å²) in [7, 11) is -4.00. The number of hydrogen-bond donors (Lipinski definition) is 1. The van der Waals surface area contributed by atoms with Crippen LogP contribution < -0.4 is 9.04 Å². The normalized spacial score (nSPS) is 17.5. The van der Waals surface area contributed by atoms with Gasteiger partial charge in [0.15, 0.2) is 0 Å². The number of hydrogen-bond acceptors (Lipinski definition) is 5. The second-order valence-electron chi connectivity index (χ2n) is 10.8. The summed E-state index contributed by atoms with van der Waals surface area (Å²) >= 11 is 6.16. The van der Waals surface area contributed by atoms with Gasteiger partial charge in [-0.1, -0.05) is 41.9 Å². The quantitative estimate of drug-likeness (QED) is 0.307. The van der Waals surface area contributed by atoms with Crippen LogP contribution in [0.15, 0.2) is 65.6 Å². The van der Waals surface area contributed by atoms with Crippen molar-refractivity contribution < 1.29 is 32.2 Å². The van der Waals surface area contributed by atoms with E-state index in [0.29, 0.717) is 42.9 Å². The highest BCUT2D eigenvalue weighted by Gasteiger charge is 2.35. The van der Waals surface area contributed by atoms with Crippen LogP contribution in [-0.2, 0) is 19.6 Å². The number of carbonyl (C=O) groups excluding carboxylic acids is 1. The maximum absolute atomic E-state index is 14.3. The van der Waals surface area contributed by atoms with E-state index in [1.165, 1.54) is 22.5 Å². The summed E-state index contributed by atoms with van der Waals surface area (Å²) in [6.07, 6.45) is 3.85. The minimum atomic E-state index is -4.00. The Bertz CT molecular complexity index is 1650.